The first-order valence-electron chi connectivity index (χ1n) is 7.17. The largest absolute Gasteiger partial charge is 0.364 e. The first-order chi connectivity index (χ1) is 11.6. The highest BCUT2D eigenvalue weighted by Crippen LogP contribution is 2.23. The zero-order chi connectivity index (χ0) is 16.8. The number of aromatic nitrogens is 2. The monoisotopic (exact) mass is 321 g/mol. The average Bonchev–Trinajstić information content (AvgIpc) is 3.08. The van der Waals surface area contributed by atoms with Gasteiger partial charge in [-0.15, -0.1) is 0 Å². The van der Waals surface area contributed by atoms with Gasteiger partial charge in [0.25, 0.3) is 11.8 Å². The van der Waals surface area contributed by atoms with E-state index in [9.17, 15) is 14.4 Å². The lowest BCUT2D eigenvalue weighted by atomic mass is 10.1. The van der Waals surface area contributed by atoms with Gasteiger partial charge in [-0.05, 0) is 30.3 Å². The Hall–Kier alpha value is -3.48. The number of imide groups is 1. The number of hydrogen-bond acceptors (Lipinski definition) is 5. The lowest BCUT2D eigenvalue weighted by Crippen LogP contribution is -2.32. The molecule has 0 saturated heterocycles. The van der Waals surface area contributed by atoms with Crippen LogP contribution in [-0.4, -0.2) is 32.4 Å². The number of rotatable bonds is 2. The Bertz CT molecular complexity index is 987. The van der Waals surface area contributed by atoms with Crippen molar-refractivity contribution in [1.82, 2.24) is 14.6 Å². The number of aryl methyl sites for hydroxylation is 1. The maximum absolute atomic E-state index is 12.3. The molecule has 118 valence electrons. The zero-order valence-electron chi connectivity index (χ0n) is 12.6. The molecule has 2 aromatic carbocycles. The van der Waals surface area contributed by atoms with Gasteiger partial charge in [-0.25, -0.2) is 9.78 Å². The minimum atomic E-state index is -0.794. The molecule has 2 amide bonds. The van der Waals surface area contributed by atoms with Crippen molar-refractivity contribution in [2.75, 3.05) is 0 Å². The Kier molecular flexibility index (Phi) is 2.96. The van der Waals surface area contributed by atoms with Gasteiger partial charge < -0.3 is 9.40 Å². The molecule has 1 aliphatic rings. The lowest BCUT2D eigenvalue weighted by molar-refractivity contribution is -0.0584. The Labute approximate surface area is 136 Å². The molecule has 2 heterocycles. The molecule has 0 saturated carbocycles. The molecule has 0 N–H and O–H groups in total. The standard InChI is InChI=1S/C17H11N3O4/c1-19-9-18-13-8-10(6-7-14(13)19)17(23)24-20-15(21)11-4-2-3-5-12(11)16(20)22/h2-9H,1H3. The molecule has 1 aliphatic heterocycles. The quantitative estimate of drug-likeness (QED) is 0.674. The van der Waals surface area contributed by atoms with E-state index in [2.05, 4.69) is 4.98 Å². The van der Waals surface area contributed by atoms with Crippen molar-refractivity contribution in [3.05, 3.63) is 65.5 Å². The first kappa shape index (κ1) is 14.1. The first-order valence-corrected chi connectivity index (χ1v) is 7.17. The van der Waals surface area contributed by atoms with Gasteiger partial charge in [0.15, 0.2) is 0 Å². The van der Waals surface area contributed by atoms with Gasteiger partial charge in [-0.1, -0.05) is 17.2 Å². The predicted octanol–water partition coefficient (Wildman–Crippen LogP) is 1.94. The molecular formula is C17H11N3O4. The summed E-state index contributed by atoms with van der Waals surface area (Å²) in [7, 11) is 1.84. The van der Waals surface area contributed by atoms with Crippen LogP contribution in [0.4, 0.5) is 0 Å². The molecule has 0 fully saturated rings. The van der Waals surface area contributed by atoms with Crippen LogP contribution in [0.3, 0.4) is 0 Å². The minimum Gasteiger partial charge on any atom is -0.334 e. The Morgan fingerprint density at radius 2 is 1.71 bits per heavy atom. The number of amides is 2. The summed E-state index contributed by atoms with van der Waals surface area (Å²) in [5.74, 6) is -2.09. The minimum absolute atomic E-state index is 0.206. The highest BCUT2D eigenvalue weighted by molar-refractivity contribution is 6.21. The maximum Gasteiger partial charge on any atom is 0.364 e. The van der Waals surface area contributed by atoms with E-state index < -0.39 is 17.8 Å². The van der Waals surface area contributed by atoms with Crippen LogP contribution in [0.25, 0.3) is 11.0 Å². The van der Waals surface area contributed by atoms with Gasteiger partial charge in [0, 0.05) is 7.05 Å². The third-order valence-corrected chi connectivity index (χ3v) is 3.89. The predicted molar refractivity (Wildman–Crippen MR) is 83.1 cm³/mol. The number of carbonyl (C=O) groups is 3. The number of benzene rings is 2. The second-order valence-electron chi connectivity index (χ2n) is 5.39. The number of hydrogen-bond donors (Lipinski definition) is 0. The fraction of sp³-hybridized carbons (Fsp3) is 0.0588. The van der Waals surface area contributed by atoms with Crippen LogP contribution in [-0.2, 0) is 11.9 Å². The molecule has 3 aromatic rings. The van der Waals surface area contributed by atoms with Crippen molar-refractivity contribution in [2.24, 2.45) is 7.05 Å². The summed E-state index contributed by atoms with van der Waals surface area (Å²) >= 11 is 0. The Morgan fingerprint density at radius 1 is 1.04 bits per heavy atom. The van der Waals surface area contributed by atoms with Gasteiger partial charge in [-0.2, -0.15) is 0 Å². The van der Waals surface area contributed by atoms with Crippen LogP contribution in [0.1, 0.15) is 31.1 Å². The number of fused-ring (bicyclic) bond motifs is 2. The Morgan fingerprint density at radius 3 is 2.38 bits per heavy atom. The van der Waals surface area contributed by atoms with Gasteiger partial charge in [0.2, 0.25) is 0 Å². The van der Waals surface area contributed by atoms with E-state index >= 15 is 0 Å². The molecule has 24 heavy (non-hydrogen) atoms. The number of hydroxylamine groups is 2. The van der Waals surface area contributed by atoms with E-state index in [-0.39, 0.29) is 16.7 Å². The summed E-state index contributed by atoms with van der Waals surface area (Å²) < 4.78 is 1.81. The van der Waals surface area contributed by atoms with Gasteiger partial charge in [0.1, 0.15) is 0 Å². The van der Waals surface area contributed by atoms with Crippen LogP contribution < -0.4 is 0 Å². The van der Waals surface area contributed by atoms with E-state index in [1.54, 1.807) is 36.7 Å². The molecule has 0 radical (unpaired) electrons. The highest BCUT2D eigenvalue weighted by Gasteiger charge is 2.38. The summed E-state index contributed by atoms with van der Waals surface area (Å²) in [6, 6.07) is 11.2. The summed E-state index contributed by atoms with van der Waals surface area (Å²) in [4.78, 5) is 45.9. The second-order valence-corrected chi connectivity index (χ2v) is 5.39. The molecule has 7 nitrogen and oxygen atoms in total. The molecule has 0 aliphatic carbocycles. The van der Waals surface area contributed by atoms with E-state index in [0.717, 1.165) is 5.52 Å². The topological polar surface area (TPSA) is 81.5 Å². The van der Waals surface area contributed by atoms with Crippen molar-refractivity contribution >= 4 is 28.8 Å². The third-order valence-electron chi connectivity index (χ3n) is 3.89. The average molecular weight is 321 g/mol. The van der Waals surface area contributed by atoms with E-state index in [1.165, 1.54) is 12.1 Å². The SMILES string of the molecule is Cn1cnc2cc(C(=O)ON3C(=O)c4ccccc4C3=O)ccc21. The van der Waals surface area contributed by atoms with Crippen LogP contribution in [0, 0.1) is 0 Å². The number of nitrogens with zero attached hydrogens (tertiary/aromatic N) is 3. The van der Waals surface area contributed by atoms with Crippen molar-refractivity contribution in [1.29, 1.82) is 0 Å². The molecule has 4 rings (SSSR count). The normalized spacial score (nSPS) is 13.5. The van der Waals surface area contributed by atoms with Crippen molar-refractivity contribution < 1.29 is 19.2 Å². The van der Waals surface area contributed by atoms with Gasteiger partial charge in [0.05, 0.1) is 34.1 Å². The summed E-state index contributed by atoms with van der Waals surface area (Å²) in [6.45, 7) is 0. The fourth-order valence-electron chi connectivity index (χ4n) is 2.65. The number of imidazole rings is 1. The molecule has 0 bridgehead atoms. The fourth-order valence-corrected chi connectivity index (χ4v) is 2.65. The van der Waals surface area contributed by atoms with E-state index in [0.29, 0.717) is 10.6 Å². The lowest BCUT2D eigenvalue weighted by Gasteiger charge is -2.12. The second kappa shape index (κ2) is 5.02. The third kappa shape index (κ3) is 1.98. The summed E-state index contributed by atoms with van der Waals surface area (Å²) in [5, 5.41) is 0.496. The van der Waals surface area contributed by atoms with Crippen molar-refractivity contribution in [3.8, 4) is 0 Å². The zero-order valence-corrected chi connectivity index (χ0v) is 12.6. The summed E-state index contributed by atoms with van der Waals surface area (Å²) in [5.41, 5.74) is 2.12. The van der Waals surface area contributed by atoms with Crippen LogP contribution in [0.2, 0.25) is 0 Å². The maximum atomic E-state index is 12.3. The van der Waals surface area contributed by atoms with Crippen molar-refractivity contribution in [3.63, 3.8) is 0 Å². The Balaban J connectivity index is 1.62. The van der Waals surface area contributed by atoms with E-state index in [1.807, 2.05) is 11.6 Å². The molecule has 0 atom stereocenters. The number of carbonyl (C=O) groups excluding carboxylic acids is 3. The molecule has 7 heteroatoms. The van der Waals surface area contributed by atoms with Crippen LogP contribution in [0.5, 0.6) is 0 Å². The summed E-state index contributed by atoms with van der Waals surface area (Å²) in [6.07, 6.45) is 1.63. The highest BCUT2D eigenvalue weighted by atomic mass is 16.7. The van der Waals surface area contributed by atoms with Gasteiger partial charge in [-0.3, -0.25) is 9.59 Å². The molecule has 1 aromatic heterocycles. The molecule has 0 unspecified atom stereocenters. The smallest absolute Gasteiger partial charge is 0.334 e. The van der Waals surface area contributed by atoms with Gasteiger partial charge >= 0.3 is 5.97 Å². The van der Waals surface area contributed by atoms with Crippen LogP contribution in [0.15, 0.2) is 48.8 Å². The molecular weight excluding hydrogens is 310 g/mol. The molecule has 0 spiro atoms. The van der Waals surface area contributed by atoms with Crippen LogP contribution >= 0.6 is 0 Å². The van der Waals surface area contributed by atoms with Crippen molar-refractivity contribution in [2.45, 2.75) is 0 Å². The van der Waals surface area contributed by atoms with E-state index in [4.69, 9.17) is 4.84 Å².